The van der Waals surface area contributed by atoms with E-state index in [0.29, 0.717) is 36.1 Å². The number of carbonyl (C=O) groups is 4. The summed E-state index contributed by atoms with van der Waals surface area (Å²) in [5, 5.41) is 27.2. The number of rotatable bonds is 10. The van der Waals surface area contributed by atoms with Crippen molar-refractivity contribution in [1.29, 1.82) is 0 Å². The van der Waals surface area contributed by atoms with E-state index in [1.54, 1.807) is 6.07 Å². The number of benzene rings is 1. The first-order chi connectivity index (χ1) is 17.9. The van der Waals surface area contributed by atoms with Gasteiger partial charge in [0.05, 0.1) is 6.42 Å². The molecule has 1 atom stereocenters. The van der Waals surface area contributed by atoms with Gasteiger partial charge in [-0.3, -0.25) is 14.4 Å². The third-order valence-corrected chi connectivity index (χ3v) is 6.56. The summed E-state index contributed by atoms with van der Waals surface area (Å²) in [4.78, 5) is 46.9. The number of carbonyl (C=O) groups excluding carboxylic acids is 2. The summed E-state index contributed by atoms with van der Waals surface area (Å²) < 4.78 is 13.7. The number of allylic oxidation sites excluding steroid dienone is 4. The number of carboxylic acid groups (broad SMARTS) is 2. The molecule has 0 saturated heterocycles. The molecule has 0 bridgehead atoms. The first kappa shape index (κ1) is 30.6. The largest absolute Gasteiger partial charge is 0.481 e. The Labute approximate surface area is 221 Å². The molecule has 0 fully saturated rings. The summed E-state index contributed by atoms with van der Waals surface area (Å²) in [6, 6.07) is 4.50. The van der Waals surface area contributed by atoms with Crippen molar-refractivity contribution in [3.05, 3.63) is 63.5 Å². The lowest BCUT2D eigenvalue weighted by Crippen LogP contribution is -2.35. The van der Waals surface area contributed by atoms with Crippen molar-refractivity contribution in [2.24, 2.45) is 0 Å². The summed E-state index contributed by atoms with van der Waals surface area (Å²) in [5.41, 5.74) is 5.64. The van der Waals surface area contributed by atoms with Crippen LogP contribution in [0.1, 0.15) is 51.7 Å². The third kappa shape index (κ3) is 7.93. The number of carboxylic acids is 2. The van der Waals surface area contributed by atoms with E-state index in [4.69, 9.17) is 15.3 Å². The maximum Gasteiger partial charge on any atom is 0.333 e. The number of aliphatic carboxylic acids is 2. The Bertz CT molecular complexity index is 1200. The predicted molar refractivity (Wildman–Crippen MR) is 140 cm³/mol. The van der Waals surface area contributed by atoms with Crippen molar-refractivity contribution in [1.82, 2.24) is 10.2 Å². The van der Waals surface area contributed by atoms with Crippen LogP contribution in [-0.2, 0) is 25.6 Å². The van der Waals surface area contributed by atoms with E-state index in [1.807, 2.05) is 19.9 Å². The molecular weight excluding hydrogens is 495 g/mol. The van der Waals surface area contributed by atoms with Gasteiger partial charge in [0.1, 0.15) is 5.82 Å². The normalized spacial score (nSPS) is 16.5. The number of halogens is 1. The van der Waals surface area contributed by atoms with E-state index in [9.17, 15) is 23.6 Å². The number of fused-ring (bicyclic) bond motifs is 1. The maximum atomic E-state index is 13.7. The van der Waals surface area contributed by atoms with Crippen LogP contribution < -0.4 is 5.32 Å². The van der Waals surface area contributed by atoms with Gasteiger partial charge in [0.25, 0.3) is 5.91 Å². The third-order valence-electron chi connectivity index (χ3n) is 6.56. The molecule has 1 unspecified atom stereocenters. The van der Waals surface area contributed by atoms with Gasteiger partial charge in [-0.2, -0.15) is 0 Å². The Balaban J connectivity index is 0.000000484. The van der Waals surface area contributed by atoms with Crippen LogP contribution in [0.2, 0.25) is 0 Å². The predicted octanol–water partition coefficient (Wildman–Crippen LogP) is 2.74. The van der Waals surface area contributed by atoms with Crippen LogP contribution in [-0.4, -0.2) is 76.1 Å². The fourth-order valence-corrected chi connectivity index (χ4v) is 4.42. The lowest BCUT2D eigenvalue weighted by atomic mass is 10.0. The van der Waals surface area contributed by atoms with E-state index < -0.39 is 24.5 Å². The number of nitrogens with zero attached hydrogens (tertiary/aromatic N) is 1. The number of aliphatic hydroxyl groups excluding tert-OH is 1. The number of aliphatic hydroxyl groups is 1. The number of nitrogens with one attached hydrogen (secondary N) is 1. The zero-order chi connectivity index (χ0) is 28.6. The molecule has 0 aromatic heterocycles. The van der Waals surface area contributed by atoms with E-state index in [2.05, 4.69) is 24.1 Å². The SMILES string of the molecule is CCN(CC)CCNC(=O)C1=C(C)CC(/C=C2\C(=O)Cc3ccc(F)cc32)=C1C.O=C(O)CC(O)C(=O)O. The topological polar surface area (TPSA) is 144 Å². The van der Waals surface area contributed by atoms with Gasteiger partial charge in [-0.1, -0.05) is 25.5 Å². The fraction of sp³-hybridized carbons (Fsp3) is 0.429. The molecule has 0 saturated carbocycles. The average Bonchev–Trinajstić information content (AvgIpc) is 3.31. The molecule has 10 heteroatoms. The quantitative estimate of drug-likeness (QED) is 0.338. The summed E-state index contributed by atoms with van der Waals surface area (Å²) in [5.74, 6) is -3.25. The van der Waals surface area contributed by atoms with Gasteiger partial charge < -0.3 is 25.5 Å². The van der Waals surface area contributed by atoms with Gasteiger partial charge in [0.15, 0.2) is 11.9 Å². The molecule has 4 N–H and O–H groups in total. The van der Waals surface area contributed by atoms with E-state index >= 15 is 0 Å². The van der Waals surface area contributed by atoms with Crippen molar-refractivity contribution < 1.29 is 38.9 Å². The zero-order valence-corrected chi connectivity index (χ0v) is 22.1. The molecule has 0 spiro atoms. The van der Waals surface area contributed by atoms with Crippen LogP contribution in [0.3, 0.4) is 0 Å². The second-order valence-corrected chi connectivity index (χ2v) is 9.18. The highest BCUT2D eigenvalue weighted by atomic mass is 19.1. The van der Waals surface area contributed by atoms with Gasteiger partial charge in [0.2, 0.25) is 0 Å². The molecule has 206 valence electrons. The Kier molecular flexibility index (Phi) is 11.1. The number of Topliss-reactive ketones (excluding diaryl/α,β-unsaturated/α-hetero) is 1. The van der Waals surface area contributed by atoms with E-state index in [-0.39, 0.29) is 17.5 Å². The number of ketones is 1. The second-order valence-electron chi connectivity index (χ2n) is 9.18. The smallest absolute Gasteiger partial charge is 0.333 e. The molecule has 1 aromatic rings. The minimum atomic E-state index is -1.79. The Hall–Kier alpha value is -3.63. The van der Waals surface area contributed by atoms with Gasteiger partial charge in [-0.05, 0) is 73.8 Å². The van der Waals surface area contributed by atoms with E-state index in [1.165, 1.54) is 12.1 Å². The van der Waals surface area contributed by atoms with Crippen LogP contribution >= 0.6 is 0 Å². The highest BCUT2D eigenvalue weighted by Gasteiger charge is 2.28. The van der Waals surface area contributed by atoms with Gasteiger partial charge in [0, 0.05) is 30.7 Å². The van der Waals surface area contributed by atoms with Gasteiger partial charge in [-0.25, -0.2) is 9.18 Å². The standard InChI is InChI=1S/C24H29FN2O2.C4H6O5/c1-5-27(6-2)10-9-26-24(29)23-15(3)11-18(16(23)4)12-21-20-14-19(25)8-7-17(20)13-22(21)28;5-2(4(8)9)1-3(6)7/h7-8,12,14H,5-6,9-11,13H2,1-4H3,(H,26,29);2,5H,1H2,(H,6,7)(H,8,9)/b21-12-;. The molecule has 0 heterocycles. The summed E-state index contributed by atoms with van der Waals surface area (Å²) in [6.45, 7) is 11.4. The second kappa shape index (κ2) is 13.8. The van der Waals surface area contributed by atoms with Crippen LogP contribution in [0.4, 0.5) is 4.39 Å². The van der Waals surface area contributed by atoms with Crippen molar-refractivity contribution in [3.63, 3.8) is 0 Å². The maximum absolute atomic E-state index is 13.7. The van der Waals surface area contributed by atoms with Gasteiger partial charge >= 0.3 is 11.9 Å². The molecule has 0 aliphatic heterocycles. The molecule has 3 rings (SSSR count). The number of hydrogen-bond acceptors (Lipinski definition) is 6. The Morgan fingerprint density at radius 3 is 2.34 bits per heavy atom. The molecule has 1 aromatic carbocycles. The van der Waals surface area contributed by atoms with Crippen LogP contribution in [0.25, 0.3) is 5.57 Å². The summed E-state index contributed by atoms with van der Waals surface area (Å²) in [6.07, 6.45) is 0.241. The van der Waals surface area contributed by atoms with Crippen molar-refractivity contribution in [3.8, 4) is 0 Å². The lowest BCUT2D eigenvalue weighted by Gasteiger charge is -2.18. The van der Waals surface area contributed by atoms with E-state index in [0.717, 1.165) is 41.9 Å². The first-order valence-electron chi connectivity index (χ1n) is 12.5. The monoisotopic (exact) mass is 530 g/mol. The van der Waals surface area contributed by atoms with Crippen LogP contribution in [0.5, 0.6) is 0 Å². The molecule has 0 radical (unpaired) electrons. The van der Waals surface area contributed by atoms with Crippen molar-refractivity contribution in [2.45, 2.75) is 53.1 Å². The fourth-order valence-electron chi connectivity index (χ4n) is 4.42. The Morgan fingerprint density at radius 2 is 1.79 bits per heavy atom. The first-order valence-corrected chi connectivity index (χ1v) is 12.5. The number of hydrogen-bond donors (Lipinski definition) is 4. The van der Waals surface area contributed by atoms with Crippen molar-refractivity contribution in [2.75, 3.05) is 26.2 Å². The highest BCUT2D eigenvalue weighted by Crippen LogP contribution is 2.37. The average molecular weight is 531 g/mol. The molecule has 38 heavy (non-hydrogen) atoms. The Morgan fingerprint density at radius 1 is 1.13 bits per heavy atom. The zero-order valence-electron chi connectivity index (χ0n) is 22.1. The van der Waals surface area contributed by atoms with Crippen LogP contribution in [0.15, 0.2) is 46.6 Å². The highest BCUT2D eigenvalue weighted by molar-refractivity contribution is 6.26. The minimum absolute atomic E-state index is 0.000627. The molecule has 2 aliphatic rings. The molecule has 9 nitrogen and oxygen atoms in total. The molecule has 2 aliphatic carbocycles. The summed E-state index contributed by atoms with van der Waals surface area (Å²) >= 11 is 0. The molecule has 1 amide bonds. The molecular formula is C28H35FN2O7. The lowest BCUT2D eigenvalue weighted by molar-refractivity contribution is -0.152. The number of likely N-dealkylation sites (N-methyl/N-ethyl adjacent to an activating group) is 1. The minimum Gasteiger partial charge on any atom is -0.481 e. The van der Waals surface area contributed by atoms with Crippen molar-refractivity contribution >= 4 is 29.2 Å². The summed E-state index contributed by atoms with van der Waals surface area (Å²) in [7, 11) is 0. The number of amides is 1. The van der Waals surface area contributed by atoms with Crippen LogP contribution in [0, 0.1) is 5.82 Å². The van der Waals surface area contributed by atoms with Gasteiger partial charge in [-0.15, -0.1) is 0 Å².